The van der Waals surface area contributed by atoms with Gasteiger partial charge in [0.25, 0.3) is 5.92 Å². The van der Waals surface area contributed by atoms with Crippen LogP contribution in [-0.2, 0) is 12.5 Å². The Bertz CT molecular complexity index is 795. The number of anilines is 1. The van der Waals surface area contributed by atoms with Crippen molar-refractivity contribution >= 4 is 23.0 Å². The fourth-order valence-electron chi connectivity index (χ4n) is 1.98. The Labute approximate surface area is 156 Å². The van der Waals surface area contributed by atoms with Gasteiger partial charge >= 0.3 is 0 Å². The number of halogens is 3. The van der Waals surface area contributed by atoms with Gasteiger partial charge in [-0.1, -0.05) is 32.0 Å². The zero-order valence-corrected chi connectivity index (χ0v) is 15.6. The number of alkyl halides is 2. The maximum absolute atomic E-state index is 13.9. The fourth-order valence-corrected chi connectivity index (χ4v) is 2.17. The monoisotopic (exact) mass is 379 g/mol. The van der Waals surface area contributed by atoms with E-state index in [1.165, 1.54) is 12.1 Å². The third-order valence-corrected chi connectivity index (χ3v) is 3.50. The summed E-state index contributed by atoms with van der Waals surface area (Å²) in [6.45, 7) is 4.76. The van der Waals surface area contributed by atoms with E-state index < -0.39 is 11.7 Å². The number of thiocarbonyl (C=S) groups is 1. The fraction of sp³-hybridized carbons (Fsp3) is 0.263. The van der Waals surface area contributed by atoms with Gasteiger partial charge in [0.05, 0.1) is 11.6 Å². The highest BCUT2D eigenvalue weighted by molar-refractivity contribution is 7.80. The third kappa shape index (κ3) is 6.37. The number of nitrogens with zero attached hydrogens (tertiary/aromatic N) is 1. The largest absolute Gasteiger partial charge is 0.358 e. The first kappa shape index (κ1) is 21.5. The summed E-state index contributed by atoms with van der Waals surface area (Å²) in [6, 6.07) is 12.0. The van der Waals surface area contributed by atoms with E-state index in [1.54, 1.807) is 24.3 Å². The van der Waals surface area contributed by atoms with Crippen molar-refractivity contribution in [1.82, 2.24) is 5.32 Å². The van der Waals surface area contributed by atoms with Crippen LogP contribution < -0.4 is 10.6 Å². The molecule has 0 atom stereocenters. The molecule has 2 aromatic rings. The van der Waals surface area contributed by atoms with E-state index in [1.807, 2.05) is 19.9 Å². The van der Waals surface area contributed by atoms with Crippen LogP contribution in [-0.4, -0.2) is 5.11 Å². The van der Waals surface area contributed by atoms with Gasteiger partial charge in [0.1, 0.15) is 5.82 Å². The standard InChI is InChI=1S/C17H14F3N3S.C2H6/c1-17(19,20)13-6-5-12(15(18)8-13)10-22-16(24)23-14-4-2-3-11(7-14)9-21;1-2/h2-8H,10H2,1H3,(H2,22,23,24);1-2H3. The Hall–Kier alpha value is -2.59. The summed E-state index contributed by atoms with van der Waals surface area (Å²) in [5.74, 6) is -3.81. The molecule has 2 aromatic carbocycles. The average molecular weight is 379 g/mol. The van der Waals surface area contributed by atoms with Gasteiger partial charge in [-0.3, -0.25) is 0 Å². The molecule has 7 heteroatoms. The quantitative estimate of drug-likeness (QED) is 0.706. The van der Waals surface area contributed by atoms with Crippen molar-refractivity contribution in [3.8, 4) is 6.07 Å². The number of benzene rings is 2. The smallest absolute Gasteiger partial charge is 0.270 e. The van der Waals surface area contributed by atoms with Crippen LogP contribution >= 0.6 is 12.2 Å². The van der Waals surface area contributed by atoms with Crippen LogP contribution in [0.3, 0.4) is 0 Å². The Morgan fingerprint density at radius 2 is 1.88 bits per heavy atom. The molecule has 0 saturated heterocycles. The van der Waals surface area contributed by atoms with Gasteiger partial charge in [-0.15, -0.1) is 0 Å². The molecule has 0 saturated carbocycles. The van der Waals surface area contributed by atoms with E-state index in [0.717, 1.165) is 6.07 Å². The highest BCUT2D eigenvalue weighted by Gasteiger charge is 2.25. The van der Waals surface area contributed by atoms with Gasteiger partial charge in [-0.05, 0) is 36.5 Å². The summed E-state index contributed by atoms with van der Waals surface area (Å²) >= 11 is 5.10. The molecule has 0 fully saturated rings. The predicted molar refractivity (Wildman–Crippen MR) is 102 cm³/mol. The van der Waals surface area contributed by atoms with Gasteiger partial charge < -0.3 is 10.6 Å². The Balaban J connectivity index is 0.00000163. The number of nitrogens with one attached hydrogen (secondary N) is 2. The first-order chi connectivity index (χ1) is 12.3. The van der Waals surface area contributed by atoms with E-state index in [4.69, 9.17) is 17.5 Å². The summed E-state index contributed by atoms with van der Waals surface area (Å²) in [6.07, 6.45) is 0. The molecule has 0 aliphatic heterocycles. The molecular weight excluding hydrogens is 359 g/mol. The summed E-state index contributed by atoms with van der Waals surface area (Å²) in [4.78, 5) is 0. The van der Waals surface area contributed by atoms with E-state index in [-0.39, 0.29) is 22.8 Å². The molecular formula is C19H20F3N3S. The van der Waals surface area contributed by atoms with Gasteiger partial charge in [-0.2, -0.15) is 5.26 Å². The van der Waals surface area contributed by atoms with Gasteiger partial charge in [0.15, 0.2) is 5.11 Å². The van der Waals surface area contributed by atoms with E-state index in [0.29, 0.717) is 18.2 Å². The molecule has 0 amide bonds. The number of hydrogen-bond donors (Lipinski definition) is 2. The molecule has 138 valence electrons. The van der Waals surface area contributed by atoms with Crippen LogP contribution in [0.1, 0.15) is 37.5 Å². The lowest BCUT2D eigenvalue weighted by Crippen LogP contribution is -2.28. The minimum Gasteiger partial charge on any atom is -0.358 e. The number of hydrogen-bond acceptors (Lipinski definition) is 2. The van der Waals surface area contributed by atoms with Crippen LogP contribution in [0.25, 0.3) is 0 Å². The minimum atomic E-state index is -3.09. The lowest BCUT2D eigenvalue weighted by molar-refractivity contribution is 0.0171. The molecule has 0 aromatic heterocycles. The maximum atomic E-state index is 13.9. The van der Waals surface area contributed by atoms with Crippen molar-refractivity contribution in [2.45, 2.75) is 33.2 Å². The van der Waals surface area contributed by atoms with Crippen LogP contribution in [0.4, 0.5) is 18.9 Å². The van der Waals surface area contributed by atoms with Crippen molar-refractivity contribution in [2.75, 3.05) is 5.32 Å². The zero-order chi connectivity index (χ0) is 19.7. The average Bonchev–Trinajstić information content (AvgIpc) is 2.61. The second-order valence-corrected chi connectivity index (χ2v) is 5.60. The first-order valence-electron chi connectivity index (χ1n) is 8.01. The SMILES string of the molecule is CC.CC(F)(F)c1ccc(CNC(=S)Nc2cccc(C#N)c2)c(F)c1. The molecule has 2 rings (SSSR count). The van der Waals surface area contributed by atoms with Gasteiger partial charge in [0.2, 0.25) is 0 Å². The van der Waals surface area contributed by atoms with Crippen LogP contribution in [0, 0.1) is 17.1 Å². The molecule has 0 heterocycles. The van der Waals surface area contributed by atoms with E-state index >= 15 is 0 Å². The Morgan fingerprint density at radius 3 is 2.46 bits per heavy atom. The van der Waals surface area contributed by atoms with Gasteiger partial charge in [-0.25, -0.2) is 13.2 Å². The summed E-state index contributed by atoms with van der Waals surface area (Å²) in [5.41, 5.74) is 0.939. The van der Waals surface area contributed by atoms with Crippen molar-refractivity contribution in [1.29, 1.82) is 5.26 Å². The summed E-state index contributed by atoms with van der Waals surface area (Å²) in [7, 11) is 0. The molecule has 0 spiro atoms. The van der Waals surface area contributed by atoms with Crippen molar-refractivity contribution in [3.05, 3.63) is 65.0 Å². The van der Waals surface area contributed by atoms with E-state index in [9.17, 15) is 13.2 Å². The van der Waals surface area contributed by atoms with Crippen LogP contribution in [0.5, 0.6) is 0 Å². The second kappa shape index (κ2) is 9.78. The highest BCUT2D eigenvalue weighted by Crippen LogP contribution is 2.28. The molecule has 0 aliphatic carbocycles. The molecule has 2 N–H and O–H groups in total. The lowest BCUT2D eigenvalue weighted by atomic mass is 10.1. The molecule has 0 bridgehead atoms. The van der Waals surface area contributed by atoms with Crippen molar-refractivity contribution in [3.63, 3.8) is 0 Å². The molecule has 0 aliphatic rings. The summed E-state index contributed by atoms with van der Waals surface area (Å²) in [5, 5.41) is 14.7. The third-order valence-electron chi connectivity index (χ3n) is 3.25. The van der Waals surface area contributed by atoms with Crippen LogP contribution in [0.2, 0.25) is 0 Å². The Kier molecular flexibility index (Phi) is 8.07. The van der Waals surface area contributed by atoms with E-state index in [2.05, 4.69) is 10.6 Å². The minimum absolute atomic E-state index is 0.0468. The normalized spacial score (nSPS) is 10.2. The molecule has 3 nitrogen and oxygen atoms in total. The topological polar surface area (TPSA) is 47.8 Å². The van der Waals surface area contributed by atoms with Crippen LogP contribution in [0.15, 0.2) is 42.5 Å². The number of nitriles is 1. The molecule has 0 radical (unpaired) electrons. The first-order valence-corrected chi connectivity index (χ1v) is 8.42. The zero-order valence-electron chi connectivity index (χ0n) is 14.7. The summed E-state index contributed by atoms with van der Waals surface area (Å²) < 4.78 is 40.2. The number of rotatable bonds is 4. The van der Waals surface area contributed by atoms with Gasteiger partial charge in [0, 0.05) is 30.3 Å². The predicted octanol–water partition coefficient (Wildman–Crippen LogP) is 5.32. The molecule has 0 unspecified atom stereocenters. The second-order valence-electron chi connectivity index (χ2n) is 5.19. The lowest BCUT2D eigenvalue weighted by Gasteiger charge is -2.14. The van der Waals surface area contributed by atoms with Crippen molar-refractivity contribution in [2.24, 2.45) is 0 Å². The highest BCUT2D eigenvalue weighted by atomic mass is 32.1. The maximum Gasteiger partial charge on any atom is 0.270 e. The van der Waals surface area contributed by atoms with Crippen molar-refractivity contribution < 1.29 is 13.2 Å². The molecule has 26 heavy (non-hydrogen) atoms. The Morgan fingerprint density at radius 1 is 1.19 bits per heavy atom.